The first-order valence-corrected chi connectivity index (χ1v) is 8.62. The van der Waals surface area contributed by atoms with Crippen molar-refractivity contribution in [1.29, 1.82) is 0 Å². The molecule has 28 heavy (non-hydrogen) atoms. The lowest BCUT2D eigenvalue weighted by atomic mass is 10.1. The smallest absolute Gasteiger partial charge is 0.237 e. The van der Waals surface area contributed by atoms with Crippen LogP contribution in [-0.2, 0) is 17.8 Å². The lowest BCUT2D eigenvalue weighted by Crippen LogP contribution is -2.43. The zero-order valence-corrected chi connectivity index (χ0v) is 17.2. The third-order valence-electron chi connectivity index (χ3n) is 4.20. The van der Waals surface area contributed by atoms with Gasteiger partial charge in [0.15, 0.2) is 0 Å². The van der Waals surface area contributed by atoms with Crippen molar-refractivity contribution in [3.63, 3.8) is 0 Å². The highest BCUT2D eigenvalue weighted by atomic mass is 35.5. The number of rotatable bonds is 7. The third-order valence-corrected chi connectivity index (χ3v) is 4.20. The molecule has 2 atom stereocenters. The first kappa shape index (κ1) is 23.6. The Labute approximate surface area is 177 Å². The number of imidazole rings is 1. The molecule has 0 aliphatic carbocycles. The van der Waals surface area contributed by atoms with Crippen LogP contribution in [-0.4, -0.2) is 26.5 Å². The Bertz CT molecular complexity index is 842. The number of nitrogens with zero attached hydrogens (tertiary/aromatic N) is 3. The lowest BCUT2D eigenvalue weighted by Gasteiger charge is -2.17. The number of carbonyl (C=O) groups excluding carboxylic acids is 1. The van der Waals surface area contributed by atoms with Crippen molar-refractivity contribution in [2.45, 2.75) is 32.0 Å². The van der Waals surface area contributed by atoms with E-state index in [0.29, 0.717) is 6.42 Å². The summed E-state index contributed by atoms with van der Waals surface area (Å²) in [5, 5.41) is 2.92. The Balaban J connectivity index is 0.00000196. The molecule has 1 amide bonds. The van der Waals surface area contributed by atoms with Gasteiger partial charge >= 0.3 is 0 Å². The van der Waals surface area contributed by atoms with Crippen LogP contribution in [0, 0.1) is 0 Å². The Morgan fingerprint density at radius 2 is 1.93 bits per heavy atom. The molecule has 3 rings (SSSR count). The zero-order chi connectivity index (χ0) is 18.4. The van der Waals surface area contributed by atoms with Crippen molar-refractivity contribution in [3.05, 3.63) is 84.2 Å². The number of nitrogens with two attached hydrogens (primary N) is 1. The number of nitrogens with one attached hydrogen (secondary N) is 1. The molecule has 0 aliphatic rings. The Hall–Kier alpha value is -2.41. The summed E-state index contributed by atoms with van der Waals surface area (Å²) in [6.07, 6.45) is 7.54. The van der Waals surface area contributed by atoms with Gasteiger partial charge in [-0.1, -0.05) is 36.4 Å². The average molecular weight is 422 g/mol. The number of benzene rings is 1. The van der Waals surface area contributed by atoms with Crippen molar-refractivity contribution >= 4 is 30.7 Å². The van der Waals surface area contributed by atoms with Crippen LogP contribution in [0.4, 0.5) is 0 Å². The van der Waals surface area contributed by atoms with E-state index in [2.05, 4.69) is 27.4 Å². The molecule has 0 bridgehead atoms. The number of amides is 1. The normalized spacial score (nSPS) is 12.2. The molecule has 3 aromatic rings. The molecule has 2 heterocycles. The van der Waals surface area contributed by atoms with Crippen LogP contribution < -0.4 is 11.1 Å². The maximum Gasteiger partial charge on any atom is 0.237 e. The van der Waals surface area contributed by atoms with Crippen molar-refractivity contribution in [1.82, 2.24) is 19.9 Å². The second-order valence-corrected chi connectivity index (χ2v) is 6.35. The highest BCUT2D eigenvalue weighted by Gasteiger charge is 2.18. The molecular weight excluding hydrogens is 397 g/mol. The van der Waals surface area contributed by atoms with Crippen molar-refractivity contribution < 1.29 is 4.79 Å². The van der Waals surface area contributed by atoms with Crippen LogP contribution in [0.25, 0.3) is 0 Å². The SMILES string of the molecule is CC(NC(=O)[C@@H](N)Cc1cn(Cc2ccccc2)cn1)c1cccnc1.Cl.Cl. The molecular formula is C20H25Cl2N5O. The minimum absolute atomic E-state index is 0. The van der Waals surface area contributed by atoms with Crippen molar-refractivity contribution in [3.8, 4) is 0 Å². The van der Waals surface area contributed by atoms with E-state index < -0.39 is 6.04 Å². The summed E-state index contributed by atoms with van der Waals surface area (Å²) in [5.74, 6) is -0.195. The number of aromatic nitrogens is 3. The summed E-state index contributed by atoms with van der Waals surface area (Å²) in [7, 11) is 0. The van der Waals surface area contributed by atoms with E-state index in [9.17, 15) is 4.79 Å². The molecule has 6 nitrogen and oxygen atoms in total. The van der Waals surface area contributed by atoms with Crippen molar-refractivity contribution in [2.75, 3.05) is 0 Å². The quantitative estimate of drug-likeness (QED) is 0.613. The first-order valence-electron chi connectivity index (χ1n) is 8.62. The minimum Gasteiger partial charge on any atom is -0.348 e. The van der Waals surface area contributed by atoms with Gasteiger partial charge in [-0.3, -0.25) is 9.78 Å². The Morgan fingerprint density at radius 3 is 2.61 bits per heavy atom. The number of halogens is 2. The maximum absolute atomic E-state index is 12.3. The molecule has 1 unspecified atom stereocenters. The number of hydrogen-bond acceptors (Lipinski definition) is 4. The summed E-state index contributed by atoms with van der Waals surface area (Å²) in [6.45, 7) is 2.66. The van der Waals surface area contributed by atoms with E-state index in [-0.39, 0.29) is 36.8 Å². The van der Waals surface area contributed by atoms with E-state index >= 15 is 0 Å². The second-order valence-electron chi connectivity index (χ2n) is 6.35. The van der Waals surface area contributed by atoms with Gasteiger partial charge in [0, 0.05) is 31.6 Å². The Morgan fingerprint density at radius 1 is 1.18 bits per heavy atom. The van der Waals surface area contributed by atoms with E-state index in [4.69, 9.17) is 5.73 Å². The van der Waals surface area contributed by atoms with E-state index in [1.54, 1.807) is 18.7 Å². The van der Waals surface area contributed by atoms with Gasteiger partial charge < -0.3 is 15.6 Å². The molecule has 0 saturated heterocycles. The summed E-state index contributed by atoms with van der Waals surface area (Å²) in [5.41, 5.74) is 9.01. The average Bonchev–Trinajstić information content (AvgIpc) is 3.10. The highest BCUT2D eigenvalue weighted by Crippen LogP contribution is 2.10. The summed E-state index contributed by atoms with van der Waals surface area (Å²) >= 11 is 0. The van der Waals surface area contributed by atoms with Crippen LogP contribution in [0.15, 0.2) is 67.4 Å². The molecule has 3 N–H and O–H groups in total. The second kappa shape index (κ2) is 11.4. The van der Waals surface area contributed by atoms with Gasteiger partial charge in [0.05, 0.1) is 24.1 Å². The van der Waals surface area contributed by atoms with Crippen LogP contribution in [0.1, 0.15) is 29.8 Å². The molecule has 150 valence electrons. The molecule has 2 aromatic heterocycles. The molecule has 1 aromatic carbocycles. The van der Waals surface area contributed by atoms with E-state index in [0.717, 1.165) is 17.8 Å². The molecule has 0 radical (unpaired) electrons. The molecule has 0 aliphatic heterocycles. The predicted octanol–water partition coefficient (Wildman–Crippen LogP) is 2.92. The van der Waals surface area contributed by atoms with Gasteiger partial charge in [0.1, 0.15) is 0 Å². The lowest BCUT2D eigenvalue weighted by molar-refractivity contribution is -0.123. The summed E-state index contributed by atoms with van der Waals surface area (Å²) in [6, 6.07) is 13.1. The van der Waals surface area contributed by atoms with Gasteiger partial charge in [0.25, 0.3) is 0 Å². The standard InChI is InChI=1S/C20H23N5O.2ClH/c1-15(17-8-5-9-22-11-17)24-20(26)19(21)10-18-13-25(14-23-18)12-16-6-3-2-4-7-16;;/h2-9,11,13-15,19H,10,12,21H2,1H3,(H,24,26);2*1H/t15?,19-;;/m0../s1. The van der Waals surface area contributed by atoms with Crippen LogP contribution in [0.2, 0.25) is 0 Å². The van der Waals surface area contributed by atoms with Gasteiger partial charge in [-0.25, -0.2) is 4.98 Å². The summed E-state index contributed by atoms with van der Waals surface area (Å²) < 4.78 is 1.99. The monoisotopic (exact) mass is 421 g/mol. The van der Waals surface area contributed by atoms with Gasteiger partial charge in [0.2, 0.25) is 5.91 Å². The minimum atomic E-state index is -0.644. The summed E-state index contributed by atoms with van der Waals surface area (Å²) in [4.78, 5) is 20.8. The van der Waals surface area contributed by atoms with Crippen LogP contribution in [0.5, 0.6) is 0 Å². The fourth-order valence-corrected chi connectivity index (χ4v) is 2.75. The Kier molecular flexibility index (Phi) is 9.65. The van der Waals surface area contributed by atoms with E-state index in [1.165, 1.54) is 5.56 Å². The fourth-order valence-electron chi connectivity index (χ4n) is 2.75. The predicted molar refractivity (Wildman–Crippen MR) is 115 cm³/mol. The van der Waals surface area contributed by atoms with Crippen molar-refractivity contribution in [2.24, 2.45) is 5.73 Å². The largest absolute Gasteiger partial charge is 0.348 e. The van der Waals surface area contributed by atoms with E-state index in [1.807, 2.05) is 48.0 Å². The maximum atomic E-state index is 12.3. The molecule has 0 saturated carbocycles. The number of hydrogen-bond donors (Lipinski definition) is 2. The number of pyridine rings is 1. The third kappa shape index (κ3) is 6.64. The molecule has 8 heteroatoms. The number of carbonyl (C=O) groups is 1. The molecule has 0 fully saturated rings. The van der Waals surface area contributed by atoms with Gasteiger partial charge in [-0.05, 0) is 24.1 Å². The van der Waals surface area contributed by atoms with Gasteiger partial charge in [-0.2, -0.15) is 0 Å². The first-order chi connectivity index (χ1) is 12.6. The highest BCUT2D eigenvalue weighted by molar-refractivity contribution is 5.85. The molecule has 0 spiro atoms. The fraction of sp³-hybridized carbons (Fsp3) is 0.250. The zero-order valence-electron chi connectivity index (χ0n) is 15.6. The van der Waals surface area contributed by atoms with Crippen LogP contribution in [0.3, 0.4) is 0 Å². The topological polar surface area (TPSA) is 85.8 Å². The van der Waals surface area contributed by atoms with Gasteiger partial charge in [-0.15, -0.1) is 24.8 Å². The van der Waals surface area contributed by atoms with Crippen LogP contribution >= 0.6 is 24.8 Å².